The van der Waals surface area contributed by atoms with Crippen LogP contribution in [0, 0.1) is 6.92 Å². The Morgan fingerprint density at radius 3 is 2.61 bits per heavy atom. The molecule has 0 spiro atoms. The van der Waals surface area contributed by atoms with E-state index in [1.54, 1.807) is 29.4 Å². The van der Waals surface area contributed by atoms with E-state index in [-0.39, 0.29) is 5.91 Å². The predicted molar refractivity (Wildman–Crippen MR) is 113 cm³/mol. The fourth-order valence-corrected chi connectivity index (χ4v) is 5.01. The van der Waals surface area contributed by atoms with E-state index in [2.05, 4.69) is 15.3 Å². The van der Waals surface area contributed by atoms with Crippen molar-refractivity contribution < 1.29 is 9.21 Å². The van der Waals surface area contributed by atoms with Crippen molar-refractivity contribution in [3.8, 4) is 0 Å². The molecule has 0 radical (unpaired) electrons. The van der Waals surface area contributed by atoms with Gasteiger partial charge in [0.2, 0.25) is 0 Å². The minimum atomic E-state index is 0.118. The van der Waals surface area contributed by atoms with E-state index in [0.717, 1.165) is 59.8 Å². The normalized spacial score (nSPS) is 15.1. The number of hydrogen-bond donors (Lipinski definition) is 0. The van der Waals surface area contributed by atoms with E-state index in [1.165, 1.54) is 5.56 Å². The van der Waals surface area contributed by atoms with Gasteiger partial charge in [0.05, 0.1) is 12.8 Å². The number of piperazine rings is 1. The number of carbonyl (C=O) groups is 1. The third-order valence-electron chi connectivity index (χ3n) is 4.78. The molecule has 0 unspecified atom stereocenters. The van der Waals surface area contributed by atoms with E-state index in [1.807, 2.05) is 48.2 Å². The average Bonchev–Trinajstić information content (AvgIpc) is 3.38. The SMILES string of the molecule is Cc1csc(SCc2ccc(C(=O)N3CCN(Cc4ccco4)CC3)cc2)n1. The van der Waals surface area contributed by atoms with Crippen molar-refractivity contribution in [3.05, 3.63) is 70.6 Å². The molecule has 0 atom stereocenters. The predicted octanol–water partition coefficient (Wildman–Crippen LogP) is 4.29. The minimum Gasteiger partial charge on any atom is -0.468 e. The minimum absolute atomic E-state index is 0.118. The number of benzene rings is 1. The molecule has 2 aromatic heterocycles. The number of aromatic nitrogens is 1. The number of thioether (sulfide) groups is 1. The van der Waals surface area contributed by atoms with Crippen LogP contribution in [0.2, 0.25) is 0 Å². The molecular formula is C21H23N3O2S2. The van der Waals surface area contributed by atoms with Crippen LogP contribution in [0.15, 0.2) is 56.8 Å². The van der Waals surface area contributed by atoms with Crippen molar-refractivity contribution in [1.29, 1.82) is 0 Å². The maximum absolute atomic E-state index is 12.8. The fraction of sp³-hybridized carbons (Fsp3) is 0.333. The smallest absolute Gasteiger partial charge is 0.253 e. The third kappa shape index (κ3) is 4.84. The standard InChI is InChI=1S/C21H23N3O2S2/c1-16-14-27-21(22-16)28-15-17-4-6-18(7-5-17)20(25)24-10-8-23(9-11-24)13-19-3-2-12-26-19/h2-7,12,14H,8-11,13,15H2,1H3. The first kappa shape index (κ1) is 19.2. The van der Waals surface area contributed by atoms with Gasteiger partial charge in [0, 0.05) is 48.6 Å². The highest BCUT2D eigenvalue weighted by Gasteiger charge is 2.22. The molecule has 0 bridgehead atoms. The highest BCUT2D eigenvalue weighted by molar-refractivity contribution is 8.00. The first-order chi connectivity index (χ1) is 13.7. The lowest BCUT2D eigenvalue weighted by Gasteiger charge is -2.34. The largest absolute Gasteiger partial charge is 0.468 e. The summed E-state index contributed by atoms with van der Waals surface area (Å²) < 4.78 is 6.50. The van der Waals surface area contributed by atoms with E-state index in [4.69, 9.17) is 4.42 Å². The highest BCUT2D eigenvalue weighted by Crippen LogP contribution is 2.26. The first-order valence-electron chi connectivity index (χ1n) is 9.35. The summed E-state index contributed by atoms with van der Waals surface area (Å²) in [6.45, 7) is 6.06. The molecule has 0 N–H and O–H groups in total. The first-order valence-corrected chi connectivity index (χ1v) is 11.2. The molecule has 4 rings (SSSR count). The monoisotopic (exact) mass is 413 g/mol. The van der Waals surface area contributed by atoms with Crippen molar-refractivity contribution in [2.45, 2.75) is 23.6 Å². The van der Waals surface area contributed by atoms with Crippen LogP contribution in [-0.4, -0.2) is 46.9 Å². The molecule has 5 nitrogen and oxygen atoms in total. The van der Waals surface area contributed by atoms with Crippen LogP contribution >= 0.6 is 23.1 Å². The number of nitrogens with zero attached hydrogens (tertiary/aromatic N) is 3. The second-order valence-electron chi connectivity index (χ2n) is 6.89. The van der Waals surface area contributed by atoms with Gasteiger partial charge < -0.3 is 9.32 Å². The molecule has 1 aromatic carbocycles. The van der Waals surface area contributed by atoms with E-state index in [0.29, 0.717) is 0 Å². The highest BCUT2D eigenvalue weighted by atomic mass is 32.2. The topological polar surface area (TPSA) is 49.6 Å². The van der Waals surface area contributed by atoms with Gasteiger partial charge in [-0.05, 0) is 36.8 Å². The van der Waals surface area contributed by atoms with Crippen molar-refractivity contribution in [2.75, 3.05) is 26.2 Å². The Morgan fingerprint density at radius 2 is 1.96 bits per heavy atom. The van der Waals surface area contributed by atoms with Crippen molar-refractivity contribution >= 4 is 29.0 Å². The second kappa shape index (κ2) is 8.94. The van der Waals surface area contributed by atoms with Gasteiger partial charge >= 0.3 is 0 Å². The molecule has 28 heavy (non-hydrogen) atoms. The Balaban J connectivity index is 1.27. The Kier molecular flexibility index (Phi) is 6.14. The molecule has 7 heteroatoms. The zero-order valence-electron chi connectivity index (χ0n) is 15.8. The van der Waals surface area contributed by atoms with Gasteiger partial charge in [-0.15, -0.1) is 11.3 Å². The molecular weight excluding hydrogens is 390 g/mol. The van der Waals surface area contributed by atoms with Crippen LogP contribution in [0.1, 0.15) is 27.4 Å². The van der Waals surface area contributed by atoms with Gasteiger partial charge in [-0.1, -0.05) is 23.9 Å². The summed E-state index contributed by atoms with van der Waals surface area (Å²) in [6, 6.07) is 11.9. The van der Waals surface area contributed by atoms with Crippen LogP contribution < -0.4 is 0 Å². The van der Waals surface area contributed by atoms with Gasteiger partial charge in [-0.25, -0.2) is 4.98 Å². The molecule has 0 saturated carbocycles. The Bertz CT molecular complexity index is 898. The number of furan rings is 1. The van der Waals surface area contributed by atoms with Gasteiger partial charge in [-0.3, -0.25) is 9.69 Å². The van der Waals surface area contributed by atoms with Gasteiger partial charge in [0.15, 0.2) is 0 Å². The molecule has 3 heterocycles. The lowest BCUT2D eigenvalue weighted by atomic mass is 10.1. The zero-order chi connectivity index (χ0) is 19.3. The van der Waals surface area contributed by atoms with Crippen molar-refractivity contribution in [3.63, 3.8) is 0 Å². The zero-order valence-corrected chi connectivity index (χ0v) is 17.5. The van der Waals surface area contributed by atoms with Crippen LogP contribution in [0.3, 0.4) is 0 Å². The average molecular weight is 414 g/mol. The molecule has 3 aromatic rings. The summed E-state index contributed by atoms with van der Waals surface area (Å²) in [7, 11) is 0. The van der Waals surface area contributed by atoms with E-state index in [9.17, 15) is 4.79 Å². The summed E-state index contributed by atoms with van der Waals surface area (Å²) in [5, 5.41) is 2.07. The summed E-state index contributed by atoms with van der Waals surface area (Å²) in [5.74, 6) is 1.96. The number of hydrogen-bond acceptors (Lipinski definition) is 6. The van der Waals surface area contributed by atoms with Crippen LogP contribution in [0.25, 0.3) is 0 Å². The number of carbonyl (C=O) groups excluding carboxylic acids is 1. The summed E-state index contributed by atoms with van der Waals surface area (Å²) in [5.41, 5.74) is 3.04. The fourth-order valence-electron chi connectivity index (χ4n) is 3.20. The molecule has 1 fully saturated rings. The van der Waals surface area contributed by atoms with Crippen molar-refractivity contribution in [2.24, 2.45) is 0 Å². The van der Waals surface area contributed by atoms with E-state index >= 15 is 0 Å². The van der Waals surface area contributed by atoms with Gasteiger partial charge in [0.25, 0.3) is 5.91 Å². The number of rotatable bonds is 6. The maximum Gasteiger partial charge on any atom is 0.253 e. The molecule has 1 saturated heterocycles. The summed E-state index contributed by atoms with van der Waals surface area (Å²) >= 11 is 3.41. The lowest BCUT2D eigenvalue weighted by Crippen LogP contribution is -2.48. The maximum atomic E-state index is 12.8. The van der Waals surface area contributed by atoms with E-state index < -0.39 is 0 Å². The number of thiazole rings is 1. The molecule has 1 amide bonds. The van der Waals surface area contributed by atoms with Crippen LogP contribution in [0.5, 0.6) is 0 Å². The second-order valence-corrected chi connectivity index (χ2v) is 8.97. The summed E-state index contributed by atoms with van der Waals surface area (Å²) in [6.07, 6.45) is 1.70. The number of amides is 1. The third-order valence-corrected chi connectivity index (χ3v) is 6.99. The quantitative estimate of drug-likeness (QED) is 0.564. The Hall–Kier alpha value is -2.09. The van der Waals surface area contributed by atoms with Crippen LogP contribution in [0.4, 0.5) is 0 Å². The van der Waals surface area contributed by atoms with Gasteiger partial charge in [-0.2, -0.15) is 0 Å². The molecule has 0 aliphatic carbocycles. The summed E-state index contributed by atoms with van der Waals surface area (Å²) in [4.78, 5) is 21.5. The van der Waals surface area contributed by atoms with Crippen LogP contribution in [-0.2, 0) is 12.3 Å². The molecule has 1 aliphatic heterocycles. The molecule has 146 valence electrons. The lowest BCUT2D eigenvalue weighted by molar-refractivity contribution is 0.0620. The molecule has 1 aliphatic rings. The Labute approximate surface area is 173 Å². The van der Waals surface area contributed by atoms with Gasteiger partial charge in [0.1, 0.15) is 10.1 Å². The number of aryl methyl sites for hydroxylation is 1. The Morgan fingerprint density at radius 1 is 1.18 bits per heavy atom. The van der Waals surface area contributed by atoms with Crippen molar-refractivity contribution in [1.82, 2.24) is 14.8 Å².